The van der Waals surface area contributed by atoms with Crippen LogP contribution in [0.25, 0.3) is 0 Å². The molecule has 1 saturated heterocycles. The number of aliphatic carboxylic acids is 1. The monoisotopic (exact) mass is 159 g/mol. The summed E-state index contributed by atoms with van der Waals surface area (Å²) < 4.78 is 0. The molecule has 0 atom stereocenters. The first-order valence-corrected chi connectivity index (χ1v) is 3.88. The van der Waals surface area contributed by atoms with E-state index < -0.39 is 11.4 Å². The van der Waals surface area contributed by atoms with Crippen LogP contribution in [0.1, 0.15) is 27.2 Å². The standard InChI is InChI=1S/C5H10O2.C3H7N/c1-5(2,3)4(6)7;1-2-4-3-1/h1-3H3,(H,6,7);4H,1-3H2. The topological polar surface area (TPSA) is 49.3 Å². The zero-order valence-electron chi connectivity index (χ0n) is 7.48. The molecule has 1 heterocycles. The summed E-state index contributed by atoms with van der Waals surface area (Å²) in [6.07, 6.45) is 1.39. The summed E-state index contributed by atoms with van der Waals surface area (Å²) in [4.78, 5) is 10.0. The van der Waals surface area contributed by atoms with Gasteiger partial charge in [-0.2, -0.15) is 0 Å². The van der Waals surface area contributed by atoms with E-state index in [1.54, 1.807) is 20.8 Å². The van der Waals surface area contributed by atoms with Crippen LogP contribution in [0.15, 0.2) is 0 Å². The Kier molecular flexibility index (Phi) is 4.11. The lowest BCUT2D eigenvalue weighted by atomic mass is 9.98. The number of rotatable bonds is 0. The second-order valence-corrected chi connectivity index (χ2v) is 3.66. The SMILES string of the molecule is C1CNC1.CC(C)(C)C(=O)O. The summed E-state index contributed by atoms with van der Waals surface area (Å²) in [6, 6.07) is 0. The molecule has 0 radical (unpaired) electrons. The lowest BCUT2D eigenvalue weighted by Gasteiger charge is -2.09. The van der Waals surface area contributed by atoms with Crippen molar-refractivity contribution in [1.29, 1.82) is 0 Å². The highest BCUT2D eigenvalue weighted by Crippen LogP contribution is 2.11. The number of hydrogen-bond acceptors (Lipinski definition) is 2. The van der Waals surface area contributed by atoms with Crippen molar-refractivity contribution < 1.29 is 9.90 Å². The summed E-state index contributed by atoms with van der Waals surface area (Å²) in [5, 5.41) is 11.4. The zero-order chi connectivity index (χ0) is 8.91. The van der Waals surface area contributed by atoms with Gasteiger partial charge in [-0.1, -0.05) is 0 Å². The molecule has 3 nitrogen and oxygen atoms in total. The Morgan fingerprint density at radius 3 is 1.55 bits per heavy atom. The molecule has 66 valence electrons. The number of hydrogen-bond donors (Lipinski definition) is 2. The van der Waals surface area contributed by atoms with E-state index in [4.69, 9.17) is 5.11 Å². The van der Waals surface area contributed by atoms with Gasteiger partial charge in [-0.25, -0.2) is 0 Å². The van der Waals surface area contributed by atoms with E-state index in [9.17, 15) is 4.79 Å². The van der Waals surface area contributed by atoms with Gasteiger partial charge in [-0.3, -0.25) is 4.79 Å². The number of carbonyl (C=O) groups is 1. The van der Waals surface area contributed by atoms with Crippen molar-refractivity contribution in [3.63, 3.8) is 0 Å². The predicted molar refractivity (Wildman–Crippen MR) is 44.6 cm³/mol. The van der Waals surface area contributed by atoms with Gasteiger partial charge in [0, 0.05) is 0 Å². The van der Waals surface area contributed by atoms with Gasteiger partial charge in [0.25, 0.3) is 0 Å². The minimum Gasteiger partial charge on any atom is -0.481 e. The maximum Gasteiger partial charge on any atom is 0.308 e. The molecule has 0 amide bonds. The van der Waals surface area contributed by atoms with Crippen LogP contribution in [0.3, 0.4) is 0 Å². The third kappa shape index (κ3) is 5.85. The van der Waals surface area contributed by atoms with Crippen molar-refractivity contribution in [2.24, 2.45) is 5.41 Å². The number of carboxylic acid groups (broad SMARTS) is 1. The Bertz CT molecular complexity index is 119. The van der Waals surface area contributed by atoms with Crippen molar-refractivity contribution in [3.05, 3.63) is 0 Å². The van der Waals surface area contributed by atoms with Crippen LogP contribution >= 0.6 is 0 Å². The molecular formula is C8H17NO2. The molecule has 1 aliphatic heterocycles. The van der Waals surface area contributed by atoms with Gasteiger partial charge in [-0.05, 0) is 40.3 Å². The van der Waals surface area contributed by atoms with E-state index in [-0.39, 0.29) is 0 Å². The Balaban J connectivity index is 0.000000207. The highest BCUT2D eigenvalue weighted by atomic mass is 16.4. The van der Waals surface area contributed by atoms with E-state index in [0.29, 0.717) is 0 Å². The molecule has 0 aliphatic carbocycles. The molecule has 1 fully saturated rings. The molecule has 0 spiro atoms. The van der Waals surface area contributed by atoms with Crippen LogP contribution in [0.2, 0.25) is 0 Å². The van der Waals surface area contributed by atoms with Crippen molar-refractivity contribution >= 4 is 5.97 Å². The molecule has 0 aromatic heterocycles. The van der Waals surface area contributed by atoms with Crippen molar-refractivity contribution in [2.45, 2.75) is 27.2 Å². The van der Waals surface area contributed by atoms with Crippen LogP contribution in [0, 0.1) is 5.41 Å². The number of nitrogens with one attached hydrogen (secondary N) is 1. The summed E-state index contributed by atoms with van der Waals surface area (Å²) in [7, 11) is 0. The minimum atomic E-state index is -0.757. The Labute approximate surface area is 67.8 Å². The first-order chi connectivity index (χ1) is 4.94. The molecule has 1 rings (SSSR count). The average molecular weight is 159 g/mol. The summed E-state index contributed by atoms with van der Waals surface area (Å²) in [5.41, 5.74) is -0.583. The van der Waals surface area contributed by atoms with Crippen LogP contribution in [-0.4, -0.2) is 24.2 Å². The second-order valence-electron chi connectivity index (χ2n) is 3.66. The van der Waals surface area contributed by atoms with Crippen LogP contribution in [0.5, 0.6) is 0 Å². The molecule has 0 bridgehead atoms. The average Bonchev–Trinajstić information content (AvgIpc) is 1.55. The minimum absolute atomic E-state index is 0.583. The first kappa shape index (κ1) is 10.4. The summed E-state index contributed by atoms with van der Waals surface area (Å²) in [5.74, 6) is -0.757. The van der Waals surface area contributed by atoms with Crippen molar-refractivity contribution in [2.75, 3.05) is 13.1 Å². The Morgan fingerprint density at radius 2 is 1.55 bits per heavy atom. The molecular weight excluding hydrogens is 142 g/mol. The fourth-order valence-electron chi connectivity index (χ4n) is 0.177. The van der Waals surface area contributed by atoms with Gasteiger partial charge in [0.05, 0.1) is 5.41 Å². The maximum atomic E-state index is 10.0. The Morgan fingerprint density at radius 1 is 1.36 bits per heavy atom. The third-order valence-electron chi connectivity index (χ3n) is 1.35. The fraction of sp³-hybridized carbons (Fsp3) is 0.875. The molecule has 1 aliphatic rings. The summed E-state index contributed by atoms with van der Waals surface area (Å²) >= 11 is 0. The van der Waals surface area contributed by atoms with Gasteiger partial charge in [0.15, 0.2) is 0 Å². The second kappa shape index (κ2) is 4.34. The van der Waals surface area contributed by atoms with E-state index in [0.717, 1.165) is 0 Å². The van der Waals surface area contributed by atoms with E-state index in [2.05, 4.69) is 5.32 Å². The molecule has 0 unspecified atom stereocenters. The highest BCUT2D eigenvalue weighted by molar-refractivity contribution is 5.72. The van der Waals surface area contributed by atoms with E-state index in [1.807, 2.05) is 0 Å². The van der Waals surface area contributed by atoms with E-state index in [1.165, 1.54) is 19.5 Å². The third-order valence-corrected chi connectivity index (χ3v) is 1.35. The van der Waals surface area contributed by atoms with Crippen LogP contribution < -0.4 is 5.32 Å². The van der Waals surface area contributed by atoms with Crippen molar-refractivity contribution in [3.8, 4) is 0 Å². The van der Waals surface area contributed by atoms with Crippen molar-refractivity contribution in [1.82, 2.24) is 5.32 Å². The molecule has 0 aromatic rings. The molecule has 3 heteroatoms. The smallest absolute Gasteiger partial charge is 0.308 e. The van der Waals surface area contributed by atoms with E-state index >= 15 is 0 Å². The number of carboxylic acids is 1. The zero-order valence-corrected chi connectivity index (χ0v) is 7.48. The molecule has 2 N–H and O–H groups in total. The predicted octanol–water partition coefficient (Wildman–Crippen LogP) is 1.10. The van der Waals surface area contributed by atoms with Crippen LogP contribution in [0.4, 0.5) is 0 Å². The normalized spacial score (nSPS) is 15.9. The van der Waals surface area contributed by atoms with Gasteiger partial charge < -0.3 is 10.4 Å². The highest BCUT2D eigenvalue weighted by Gasteiger charge is 2.18. The lowest BCUT2D eigenvalue weighted by molar-refractivity contribution is -0.145. The van der Waals surface area contributed by atoms with Gasteiger partial charge in [0.2, 0.25) is 0 Å². The van der Waals surface area contributed by atoms with Crippen LogP contribution in [-0.2, 0) is 4.79 Å². The fourth-order valence-corrected chi connectivity index (χ4v) is 0.177. The van der Waals surface area contributed by atoms with Gasteiger partial charge in [-0.15, -0.1) is 0 Å². The molecule has 0 saturated carbocycles. The van der Waals surface area contributed by atoms with Gasteiger partial charge >= 0.3 is 5.97 Å². The molecule has 11 heavy (non-hydrogen) atoms. The quantitative estimate of drug-likeness (QED) is 0.556. The Hall–Kier alpha value is -0.570. The largest absolute Gasteiger partial charge is 0.481 e. The lowest BCUT2D eigenvalue weighted by Crippen LogP contribution is -2.29. The first-order valence-electron chi connectivity index (χ1n) is 3.88. The summed E-state index contributed by atoms with van der Waals surface area (Å²) in [6.45, 7) is 7.49. The maximum absolute atomic E-state index is 10.0. The molecule has 0 aromatic carbocycles. The van der Waals surface area contributed by atoms with Gasteiger partial charge in [0.1, 0.15) is 0 Å².